The molecule has 1 aromatic heterocycles. The normalized spacial score (nSPS) is 10.4. The number of benzene rings is 1. The van der Waals surface area contributed by atoms with Crippen LogP contribution in [-0.4, -0.2) is 27.2 Å². The lowest BCUT2D eigenvalue weighted by molar-refractivity contribution is -0.00772. The van der Waals surface area contributed by atoms with Gasteiger partial charge in [-0.05, 0) is 30.7 Å². The molecule has 106 valence electrons. The average Bonchev–Trinajstić information content (AvgIpc) is 2.70. The zero-order valence-electron chi connectivity index (χ0n) is 10.4. The molecule has 0 fully saturated rings. The smallest absolute Gasteiger partial charge is 0.364 e. The summed E-state index contributed by atoms with van der Waals surface area (Å²) in [6.45, 7) is 2.04. The van der Waals surface area contributed by atoms with Crippen LogP contribution in [0.3, 0.4) is 0 Å². The van der Waals surface area contributed by atoms with Crippen molar-refractivity contribution in [2.24, 2.45) is 0 Å². The van der Waals surface area contributed by atoms with Gasteiger partial charge in [0.25, 0.3) is 0 Å². The van der Waals surface area contributed by atoms with E-state index in [0.29, 0.717) is 5.75 Å². The van der Waals surface area contributed by atoms with Gasteiger partial charge in [0.05, 0.1) is 6.54 Å². The molecule has 0 aliphatic rings. The molecule has 20 heavy (non-hydrogen) atoms. The number of aromatic nitrogens is 2. The molecule has 0 spiro atoms. The summed E-state index contributed by atoms with van der Waals surface area (Å²) in [5.74, 6) is 0.515. The number of hydrogen-bond acceptors (Lipinski definition) is 3. The number of carbonyl (C=O) groups excluding carboxylic acids is 1. The van der Waals surface area contributed by atoms with Gasteiger partial charge in [-0.25, -0.2) is 14.3 Å². The molecule has 5 nitrogen and oxygen atoms in total. The van der Waals surface area contributed by atoms with E-state index in [0.717, 1.165) is 9.63 Å². The topological polar surface area (TPSA) is 47.4 Å². The maximum Gasteiger partial charge on any atom is 0.364 e. The standard InChI is InChI=1S/C12H10Cl3N3O2/c1-2-17(20-8-6-4-3-5-7-8)12(19)18-10(14)9(13)16-11(18)15/h3-7H,2H2,1H3. The Balaban J connectivity index is 2.25. The fourth-order valence-corrected chi connectivity index (χ4v) is 2.16. The van der Waals surface area contributed by atoms with E-state index in [4.69, 9.17) is 39.6 Å². The molecule has 0 aliphatic heterocycles. The molecule has 0 saturated heterocycles. The summed E-state index contributed by atoms with van der Waals surface area (Å²) < 4.78 is 0.970. The van der Waals surface area contributed by atoms with Gasteiger partial charge in [0.2, 0.25) is 5.28 Å². The van der Waals surface area contributed by atoms with Crippen LogP contribution >= 0.6 is 34.8 Å². The summed E-state index contributed by atoms with van der Waals surface area (Å²) in [4.78, 5) is 21.5. The van der Waals surface area contributed by atoms with E-state index >= 15 is 0 Å². The van der Waals surface area contributed by atoms with Crippen molar-refractivity contribution in [1.29, 1.82) is 0 Å². The molecule has 0 radical (unpaired) electrons. The van der Waals surface area contributed by atoms with Crippen LogP contribution in [0.2, 0.25) is 15.6 Å². The lowest BCUT2D eigenvalue weighted by Crippen LogP contribution is -2.37. The second-order valence-corrected chi connectivity index (χ2v) is 4.73. The van der Waals surface area contributed by atoms with E-state index in [2.05, 4.69) is 4.98 Å². The molecule has 0 bridgehead atoms. The number of para-hydroxylation sites is 1. The quantitative estimate of drug-likeness (QED) is 0.793. The van der Waals surface area contributed by atoms with Crippen LogP contribution in [-0.2, 0) is 0 Å². The highest BCUT2D eigenvalue weighted by atomic mass is 35.5. The summed E-state index contributed by atoms with van der Waals surface area (Å²) in [5.41, 5.74) is 0. The summed E-state index contributed by atoms with van der Waals surface area (Å²) in [7, 11) is 0. The van der Waals surface area contributed by atoms with Crippen LogP contribution in [0.25, 0.3) is 0 Å². The third-order valence-electron chi connectivity index (χ3n) is 2.39. The summed E-state index contributed by atoms with van der Waals surface area (Å²) in [5, 5.41) is 0.878. The van der Waals surface area contributed by atoms with Crippen LogP contribution in [0.4, 0.5) is 4.79 Å². The highest BCUT2D eigenvalue weighted by Crippen LogP contribution is 2.26. The molecule has 2 aromatic rings. The van der Waals surface area contributed by atoms with Gasteiger partial charge < -0.3 is 4.84 Å². The third kappa shape index (κ3) is 3.00. The third-order valence-corrected chi connectivity index (χ3v) is 3.35. The molecule has 0 N–H and O–H groups in total. The predicted molar refractivity (Wildman–Crippen MR) is 77.5 cm³/mol. The van der Waals surface area contributed by atoms with Crippen LogP contribution in [0.5, 0.6) is 5.75 Å². The fourth-order valence-electron chi connectivity index (χ4n) is 1.47. The highest BCUT2D eigenvalue weighted by molar-refractivity contribution is 6.42. The number of hydrogen-bond donors (Lipinski definition) is 0. The monoisotopic (exact) mass is 333 g/mol. The number of rotatable bonds is 3. The predicted octanol–water partition coefficient (Wildman–Crippen LogP) is 4.13. The molecule has 0 atom stereocenters. The lowest BCUT2D eigenvalue weighted by Gasteiger charge is -2.21. The molecular formula is C12H10Cl3N3O2. The van der Waals surface area contributed by atoms with E-state index in [1.54, 1.807) is 31.2 Å². The van der Waals surface area contributed by atoms with E-state index < -0.39 is 6.03 Å². The van der Waals surface area contributed by atoms with Crippen molar-refractivity contribution in [1.82, 2.24) is 14.6 Å². The van der Waals surface area contributed by atoms with E-state index in [1.165, 1.54) is 0 Å². The fraction of sp³-hybridized carbons (Fsp3) is 0.167. The molecule has 2 rings (SSSR count). The maximum absolute atomic E-state index is 12.3. The van der Waals surface area contributed by atoms with Crippen LogP contribution in [0.1, 0.15) is 6.92 Å². The van der Waals surface area contributed by atoms with Gasteiger partial charge in [-0.2, -0.15) is 5.06 Å². The van der Waals surface area contributed by atoms with Crippen LogP contribution in [0, 0.1) is 0 Å². The Morgan fingerprint density at radius 1 is 1.30 bits per heavy atom. The van der Waals surface area contributed by atoms with Crippen molar-refractivity contribution in [2.75, 3.05) is 6.54 Å². The van der Waals surface area contributed by atoms with Gasteiger partial charge in [0.1, 0.15) is 0 Å². The van der Waals surface area contributed by atoms with Crippen molar-refractivity contribution in [3.05, 3.63) is 45.9 Å². The molecule has 8 heteroatoms. The highest BCUT2D eigenvalue weighted by Gasteiger charge is 2.24. The lowest BCUT2D eigenvalue weighted by atomic mass is 10.3. The van der Waals surface area contributed by atoms with Crippen molar-refractivity contribution in [2.45, 2.75) is 6.92 Å². The Bertz CT molecular complexity index is 616. The number of nitrogens with zero attached hydrogens (tertiary/aromatic N) is 3. The summed E-state index contributed by atoms with van der Waals surface area (Å²) >= 11 is 17.5. The van der Waals surface area contributed by atoms with E-state index in [9.17, 15) is 4.79 Å². The summed E-state index contributed by atoms with van der Waals surface area (Å²) in [6.07, 6.45) is 0. The van der Waals surface area contributed by atoms with Gasteiger partial charge in [0, 0.05) is 0 Å². The van der Waals surface area contributed by atoms with Crippen LogP contribution < -0.4 is 4.84 Å². The van der Waals surface area contributed by atoms with Gasteiger partial charge in [-0.15, -0.1) is 0 Å². The SMILES string of the molecule is CCN(Oc1ccccc1)C(=O)n1c(Cl)nc(Cl)c1Cl. The number of amides is 1. The number of imidazole rings is 1. The Morgan fingerprint density at radius 2 is 1.95 bits per heavy atom. The minimum atomic E-state index is -0.578. The number of hydroxylamine groups is 2. The number of halogens is 3. The molecule has 1 heterocycles. The molecule has 1 aromatic carbocycles. The van der Waals surface area contributed by atoms with Crippen LogP contribution in [0.15, 0.2) is 30.3 Å². The zero-order chi connectivity index (χ0) is 14.7. The maximum atomic E-state index is 12.3. The molecule has 0 saturated carbocycles. The van der Waals surface area contributed by atoms with Gasteiger partial charge >= 0.3 is 6.03 Å². The zero-order valence-corrected chi connectivity index (χ0v) is 12.7. The van der Waals surface area contributed by atoms with Gasteiger partial charge in [0.15, 0.2) is 16.1 Å². The molecular weight excluding hydrogens is 325 g/mol. The minimum absolute atomic E-state index is 0.0409. The number of carbonyl (C=O) groups is 1. The van der Waals surface area contributed by atoms with Gasteiger partial charge in [-0.1, -0.05) is 41.4 Å². The second-order valence-electron chi connectivity index (χ2n) is 3.68. The first-order chi connectivity index (χ1) is 9.54. The Morgan fingerprint density at radius 3 is 2.45 bits per heavy atom. The first kappa shape index (κ1) is 15.0. The Kier molecular flexibility index (Phi) is 4.75. The Labute approximate surface area is 130 Å². The first-order valence-electron chi connectivity index (χ1n) is 5.68. The molecule has 0 unspecified atom stereocenters. The van der Waals surface area contributed by atoms with Crippen molar-refractivity contribution in [3.63, 3.8) is 0 Å². The Hall–Kier alpha value is -1.43. The van der Waals surface area contributed by atoms with Crippen molar-refractivity contribution < 1.29 is 9.63 Å². The van der Waals surface area contributed by atoms with E-state index in [-0.39, 0.29) is 22.1 Å². The van der Waals surface area contributed by atoms with Crippen molar-refractivity contribution >= 4 is 40.8 Å². The minimum Gasteiger partial charge on any atom is -0.375 e. The second kappa shape index (κ2) is 6.35. The summed E-state index contributed by atoms with van der Waals surface area (Å²) in [6, 6.07) is 8.29. The van der Waals surface area contributed by atoms with Crippen molar-refractivity contribution in [3.8, 4) is 5.75 Å². The molecule has 0 aliphatic carbocycles. The average molecular weight is 335 g/mol. The largest absolute Gasteiger partial charge is 0.375 e. The first-order valence-corrected chi connectivity index (χ1v) is 6.82. The molecule has 1 amide bonds. The van der Waals surface area contributed by atoms with Gasteiger partial charge in [-0.3, -0.25) is 0 Å². The van der Waals surface area contributed by atoms with E-state index in [1.807, 2.05) is 6.07 Å².